The number of hydrogen-bond donors (Lipinski definition) is 2. The summed E-state index contributed by atoms with van der Waals surface area (Å²) in [5.74, 6) is 0.389. The van der Waals surface area contributed by atoms with Crippen LogP contribution in [0.4, 0.5) is 0 Å². The Morgan fingerprint density at radius 2 is 2.12 bits per heavy atom. The van der Waals surface area contributed by atoms with Gasteiger partial charge >= 0.3 is 0 Å². The highest BCUT2D eigenvalue weighted by atomic mass is 16.3. The van der Waals surface area contributed by atoms with Gasteiger partial charge < -0.3 is 15.3 Å². The first kappa shape index (κ1) is 13.5. The second kappa shape index (κ2) is 5.15. The zero-order chi connectivity index (χ0) is 12.3. The van der Waals surface area contributed by atoms with Crippen LogP contribution in [0.15, 0.2) is 0 Å². The Morgan fingerprint density at radius 1 is 1.50 bits per heavy atom. The van der Waals surface area contributed by atoms with Crippen molar-refractivity contribution in [3.63, 3.8) is 0 Å². The minimum Gasteiger partial charge on any atom is -0.391 e. The van der Waals surface area contributed by atoms with Gasteiger partial charge in [0.05, 0.1) is 12.6 Å². The van der Waals surface area contributed by atoms with Crippen molar-refractivity contribution >= 4 is 5.91 Å². The molecule has 0 bridgehead atoms. The molecule has 94 valence electrons. The Hall–Kier alpha value is -0.610. The first-order chi connectivity index (χ1) is 7.29. The van der Waals surface area contributed by atoms with E-state index >= 15 is 0 Å². The van der Waals surface area contributed by atoms with Crippen molar-refractivity contribution in [2.24, 2.45) is 5.92 Å². The SMILES string of the molecule is CC1CCN(C(=O)CNC(C)(C)C)CC1O. The monoisotopic (exact) mass is 228 g/mol. The van der Waals surface area contributed by atoms with Crippen LogP contribution >= 0.6 is 0 Å². The molecule has 1 aliphatic heterocycles. The van der Waals surface area contributed by atoms with E-state index in [1.165, 1.54) is 0 Å². The molecule has 2 atom stereocenters. The number of aliphatic hydroxyl groups is 1. The van der Waals surface area contributed by atoms with E-state index in [9.17, 15) is 9.90 Å². The van der Waals surface area contributed by atoms with Crippen LogP contribution < -0.4 is 5.32 Å². The van der Waals surface area contributed by atoms with Crippen LogP contribution in [0.3, 0.4) is 0 Å². The van der Waals surface area contributed by atoms with E-state index in [1.807, 2.05) is 27.7 Å². The molecular formula is C12H24N2O2. The molecule has 0 spiro atoms. The molecule has 0 radical (unpaired) electrons. The van der Waals surface area contributed by atoms with Gasteiger partial charge in [0, 0.05) is 18.6 Å². The van der Waals surface area contributed by atoms with Crippen LogP contribution in [0.2, 0.25) is 0 Å². The predicted octanol–water partition coefficient (Wildman–Crippen LogP) is 0.604. The van der Waals surface area contributed by atoms with E-state index in [1.54, 1.807) is 4.90 Å². The molecule has 1 saturated heterocycles. The zero-order valence-corrected chi connectivity index (χ0v) is 10.8. The summed E-state index contributed by atoms with van der Waals surface area (Å²) in [6, 6.07) is 0. The van der Waals surface area contributed by atoms with Crippen molar-refractivity contribution in [2.45, 2.75) is 45.8 Å². The van der Waals surface area contributed by atoms with Crippen molar-refractivity contribution in [3.8, 4) is 0 Å². The summed E-state index contributed by atoms with van der Waals surface area (Å²) in [6.45, 7) is 9.73. The third-order valence-corrected chi connectivity index (χ3v) is 3.04. The maximum atomic E-state index is 11.8. The van der Waals surface area contributed by atoms with Crippen molar-refractivity contribution in [3.05, 3.63) is 0 Å². The number of piperidine rings is 1. The zero-order valence-electron chi connectivity index (χ0n) is 10.8. The Bertz CT molecular complexity index is 248. The topological polar surface area (TPSA) is 52.6 Å². The normalized spacial score (nSPS) is 26.9. The molecule has 4 nitrogen and oxygen atoms in total. The van der Waals surface area contributed by atoms with E-state index < -0.39 is 0 Å². The summed E-state index contributed by atoms with van der Waals surface area (Å²) in [7, 11) is 0. The summed E-state index contributed by atoms with van der Waals surface area (Å²) >= 11 is 0. The van der Waals surface area contributed by atoms with Crippen LogP contribution in [-0.4, -0.2) is 47.2 Å². The van der Waals surface area contributed by atoms with Crippen molar-refractivity contribution in [1.29, 1.82) is 0 Å². The Balaban J connectivity index is 2.38. The lowest BCUT2D eigenvalue weighted by Gasteiger charge is -2.35. The highest BCUT2D eigenvalue weighted by Crippen LogP contribution is 2.16. The number of carbonyl (C=O) groups excluding carboxylic acids is 1. The molecule has 1 fully saturated rings. The van der Waals surface area contributed by atoms with Crippen molar-refractivity contribution < 1.29 is 9.90 Å². The molecule has 1 heterocycles. The fraction of sp³-hybridized carbons (Fsp3) is 0.917. The lowest BCUT2D eigenvalue weighted by atomic mass is 9.96. The molecule has 2 unspecified atom stereocenters. The highest BCUT2D eigenvalue weighted by Gasteiger charge is 2.27. The fourth-order valence-corrected chi connectivity index (χ4v) is 1.73. The minimum absolute atomic E-state index is 0.0443. The van der Waals surface area contributed by atoms with Crippen LogP contribution in [0.25, 0.3) is 0 Å². The summed E-state index contributed by atoms with van der Waals surface area (Å²) in [6.07, 6.45) is 0.523. The largest absolute Gasteiger partial charge is 0.391 e. The van der Waals surface area contributed by atoms with E-state index in [-0.39, 0.29) is 17.6 Å². The minimum atomic E-state index is -0.368. The van der Waals surface area contributed by atoms with Crippen LogP contribution in [0.5, 0.6) is 0 Å². The first-order valence-electron chi connectivity index (χ1n) is 6.00. The van der Waals surface area contributed by atoms with Crippen molar-refractivity contribution in [1.82, 2.24) is 10.2 Å². The second-order valence-corrected chi connectivity index (χ2v) is 5.78. The first-order valence-corrected chi connectivity index (χ1v) is 6.00. The smallest absolute Gasteiger partial charge is 0.236 e. The van der Waals surface area contributed by atoms with Gasteiger partial charge in [-0.05, 0) is 33.1 Å². The molecule has 0 aromatic heterocycles. The van der Waals surface area contributed by atoms with Gasteiger partial charge in [0.1, 0.15) is 0 Å². The molecule has 16 heavy (non-hydrogen) atoms. The maximum absolute atomic E-state index is 11.8. The molecule has 2 N–H and O–H groups in total. The molecule has 1 aliphatic rings. The number of nitrogens with one attached hydrogen (secondary N) is 1. The van der Waals surface area contributed by atoms with Gasteiger partial charge in [-0.3, -0.25) is 4.79 Å². The molecule has 0 aromatic rings. The fourth-order valence-electron chi connectivity index (χ4n) is 1.73. The molecular weight excluding hydrogens is 204 g/mol. The lowest BCUT2D eigenvalue weighted by Crippen LogP contribution is -2.50. The van der Waals surface area contributed by atoms with Crippen LogP contribution in [0, 0.1) is 5.92 Å². The number of likely N-dealkylation sites (tertiary alicyclic amines) is 1. The van der Waals surface area contributed by atoms with Crippen LogP contribution in [0.1, 0.15) is 34.1 Å². The standard InChI is InChI=1S/C12H24N2O2/c1-9-5-6-14(8-10(9)15)11(16)7-13-12(2,3)4/h9-10,13,15H,5-8H2,1-4H3. The number of amides is 1. The number of aliphatic hydroxyl groups excluding tert-OH is 1. The van der Waals surface area contributed by atoms with Gasteiger partial charge in [0.25, 0.3) is 0 Å². The summed E-state index contributed by atoms with van der Waals surface area (Å²) in [5, 5.41) is 12.9. The molecule has 0 aromatic carbocycles. The van der Waals surface area contributed by atoms with Gasteiger partial charge in [-0.15, -0.1) is 0 Å². The Labute approximate surface area is 98.0 Å². The second-order valence-electron chi connectivity index (χ2n) is 5.78. The molecule has 0 saturated carbocycles. The Morgan fingerprint density at radius 3 is 2.62 bits per heavy atom. The number of β-amino-alcohol motifs (C(OH)–C–C–N with tert-alkyl or cyclic N) is 1. The van der Waals surface area contributed by atoms with Gasteiger partial charge in [-0.2, -0.15) is 0 Å². The number of hydrogen-bond acceptors (Lipinski definition) is 3. The van der Waals surface area contributed by atoms with Crippen molar-refractivity contribution in [2.75, 3.05) is 19.6 Å². The molecule has 1 amide bonds. The quantitative estimate of drug-likeness (QED) is 0.728. The summed E-state index contributed by atoms with van der Waals surface area (Å²) in [4.78, 5) is 13.6. The van der Waals surface area contributed by atoms with Crippen LogP contribution in [-0.2, 0) is 4.79 Å². The van der Waals surface area contributed by atoms with Gasteiger partial charge in [-0.25, -0.2) is 0 Å². The van der Waals surface area contributed by atoms with Gasteiger partial charge in [0.2, 0.25) is 5.91 Å². The molecule has 0 aliphatic carbocycles. The van der Waals surface area contributed by atoms with E-state index in [4.69, 9.17) is 0 Å². The maximum Gasteiger partial charge on any atom is 0.236 e. The van der Waals surface area contributed by atoms with E-state index in [0.29, 0.717) is 19.0 Å². The van der Waals surface area contributed by atoms with Gasteiger partial charge in [0.15, 0.2) is 0 Å². The number of nitrogens with zero attached hydrogens (tertiary/aromatic N) is 1. The number of rotatable bonds is 2. The third-order valence-electron chi connectivity index (χ3n) is 3.04. The predicted molar refractivity (Wildman–Crippen MR) is 64.1 cm³/mol. The average Bonchev–Trinajstić information content (AvgIpc) is 2.17. The molecule has 1 rings (SSSR count). The van der Waals surface area contributed by atoms with Gasteiger partial charge in [-0.1, -0.05) is 6.92 Å². The molecule has 4 heteroatoms. The summed E-state index contributed by atoms with van der Waals surface area (Å²) < 4.78 is 0. The number of carbonyl (C=O) groups is 1. The average molecular weight is 228 g/mol. The highest BCUT2D eigenvalue weighted by molar-refractivity contribution is 5.78. The lowest BCUT2D eigenvalue weighted by molar-refractivity contribution is -0.134. The third kappa shape index (κ3) is 4.10. The van der Waals surface area contributed by atoms with E-state index in [0.717, 1.165) is 13.0 Å². The summed E-state index contributed by atoms with van der Waals surface area (Å²) in [5.41, 5.74) is -0.0443. The Kier molecular flexibility index (Phi) is 4.33. The van der Waals surface area contributed by atoms with E-state index in [2.05, 4.69) is 5.32 Å².